The predicted molar refractivity (Wildman–Crippen MR) is 90.0 cm³/mol. The van der Waals surface area contributed by atoms with E-state index in [4.69, 9.17) is 9.84 Å². The summed E-state index contributed by atoms with van der Waals surface area (Å²) in [6.07, 6.45) is 2.63. The molecule has 0 saturated carbocycles. The first-order valence-electron chi connectivity index (χ1n) is 5.68. The van der Waals surface area contributed by atoms with Gasteiger partial charge in [0.25, 0.3) is 0 Å². The van der Waals surface area contributed by atoms with Gasteiger partial charge in [0.15, 0.2) is 0 Å². The monoisotopic (exact) mass is 444 g/mol. The SMILES string of the molecule is O=C(O)/C=C/c1ccc(Oc2ccc(I)cc2)cc1Br. The van der Waals surface area contributed by atoms with Crippen molar-refractivity contribution in [3.8, 4) is 11.5 Å². The highest BCUT2D eigenvalue weighted by molar-refractivity contribution is 14.1. The van der Waals surface area contributed by atoms with E-state index >= 15 is 0 Å². The van der Waals surface area contributed by atoms with E-state index in [-0.39, 0.29) is 0 Å². The molecule has 0 unspecified atom stereocenters. The Morgan fingerprint density at radius 3 is 2.40 bits per heavy atom. The lowest BCUT2D eigenvalue weighted by atomic mass is 10.2. The average molecular weight is 445 g/mol. The van der Waals surface area contributed by atoms with E-state index in [0.29, 0.717) is 5.75 Å². The maximum absolute atomic E-state index is 10.5. The third-order valence-corrected chi connectivity index (χ3v) is 3.83. The van der Waals surface area contributed by atoms with Gasteiger partial charge in [0, 0.05) is 14.1 Å². The van der Waals surface area contributed by atoms with Crippen LogP contribution in [0.3, 0.4) is 0 Å². The molecule has 0 amide bonds. The van der Waals surface area contributed by atoms with Gasteiger partial charge in [-0.1, -0.05) is 22.0 Å². The Morgan fingerprint density at radius 1 is 1.15 bits per heavy atom. The normalized spacial score (nSPS) is 10.7. The fourth-order valence-electron chi connectivity index (χ4n) is 1.51. The van der Waals surface area contributed by atoms with Crippen LogP contribution in [0.15, 0.2) is 53.0 Å². The molecular weight excluding hydrogens is 435 g/mol. The Kier molecular flexibility index (Phi) is 5.19. The zero-order valence-corrected chi connectivity index (χ0v) is 14.0. The number of rotatable bonds is 4. The van der Waals surface area contributed by atoms with Crippen LogP contribution in [0.25, 0.3) is 6.08 Å². The van der Waals surface area contributed by atoms with Gasteiger partial charge >= 0.3 is 5.97 Å². The quantitative estimate of drug-likeness (QED) is 0.536. The first kappa shape index (κ1) is 15.1. The van der Waals surface area contributed by atoms with Crippen LogP contribution < -0.4 is 4.74 Å². The first-order valence-corrected chi connectivity index (χ1v) is 7.56. The van der Waals surface area contributed by atoms with Crippen molar-refractivity contribution in [2.24, 2.45) is 0 Å². The molecule has 3 nitrogen and oxygen atoms in total. The summed E-state index contributed by atoms with van der Waals surface area (Å²) in [5, 5.41) is 8.61. The van der Waals surface area contributed by atoms with Crippen LogP contribution in [-0.4, -0.2) is 11.1 Å². The van der Waals surface area contributed by atoms with E-state index in [9.17, 15) is 4.79 Å². The summed E-state index contributed by atoms with van der Waals surface area (Å²) in [6, 6.07) is 13.1. The third kappa shape index (κ3) is 4.35. The van der Waals surface area contributed by atoms with E-state index in [1.807, 2.05) is 24.3 Å². The second-order valence-corrected chi connectivity index (χ2v) is 6.01. The zero-order valence-electron chi connectivity index (χ0n) is 10.2. The van der Waals surface area contributed by atoms with Crippen LogP contribution in [0.4, 0.5) is 0 Å². The molecule has 0 radical (unpaired) electrons. The van der Waals surface area contributed by atoms with Crippen molar-refractivity contribution in [3.63, 3.8) is 0 Å². The predicted octanol–water partition coefficient (Wildman–Crippen LogP) is 4.94. The Labute approximate surface area is 138 Å². The molecule has 0 saturated heterocycles. The molecule has 0 aliphatic heterocycles. The highest BCUT2D eigenvalue weighted by Gasteiger charge is 2.02. The number of aliphatic carboxylic acids is 1. The molecule has 2 rings (SSSR count). The summed E-state index contributed by atoms with van der Waals surface area (Å²) in [5.74, 6) is 0.466. The Bertz CT molecular complexity index is 651. The van der Waals surface area contributed by atoms with Gasteiger partial charge in [0.2, 0.25) is 0 Å². The lowest BCUT2D eigenvalue weighted by molar-refractivity contribution is -0.131. The number of carbonyl (C=O) groups is 1. The smallest absolute Gasteiger partial charge is 0.328 e. The Hall–Kier alpha value is -1.34. The van der Waals surface area contributed by atoms with Crippen molar-refractivity contribution in [2.75, 3.05) is 0 Å². The molecule has 0 atom stereocenters. The number of carboxylic acids is 1. The minimum Gasteiger partial charge on any atom is -0.478 e. The minimum absolute atomic E-state index is 0.686. The van der Waals surface area contributed by atoms with Crippen LogP contribution in [0, 0.1) is 3.57 Å². The van der Waals surface area contributed by atoms with Crippen LogP contribution in [0.2, 0.25) is 0 Å². The fraction of sp³-hybridized carbons (Fsp3) is 0. The van der Waals surface area contributed by atoms with Gasteiger partial charge < -0.3 is 9.84 Å². The standard InChI is InChI=1S/C15H10BrIO3/c16-14-9-13(5-1-10(14)2-8-15(18)19)20-12-6-3-11(17)4-7-12/h1-9H,(H,18,19)/b8-2+. The van der Waals surface area contributed by atoms with Crippen molar-refractivity contribution < 1.29 is 14.6 Å². The Morgan fingerprint density at radius 2 is 1.80 bits per heavy atom. The maximum Gasteiger partial charge on any atom is 0.328 e. The molecule has 2 aromatic rings. The van der Waals surface area contributed by atoms with Gasteiger partial charge in [-0.25, -0.2) is 4.79 Å². The summed E-state index contributed by atoms with van der Waals surface area (Å²) in [4.78, 5) is 10.5. The molecule has 0 aliphatic rings. The van der Waals surface area contributed by atoms with Gasteiger partial charge in [0.1, 0.15) is 11.5 Å². The summed E-state index contributed by atoms with van der Waals surface area (Å²) >= 11 is 5.63. The first-order chi connectivity index (χ1) is 9.54. The molecule has 0 aromatic heterocycles. The van der Waals surface area contributed by atoms with E-state index in [1.165, 1.54) is 6.08 Å². The largest absolute Gasteiger partial charge is 0.478 e. The fourth-order valence-corrected chi connectivity index (χ4v) is 2.36. The molecule has 102 valence electrons. The second kappa shape index (κ2) is 6.90. The van der Waals surface area contributed by atoms with Gasteiger partial charge in [0.05, 0.1) is 0 Å². The summed E-state index contributed by atoms with van der Waals surface area (Å²) in [6.45, 7) is 0. The molecule has 0 fully saturated rings. The lowest BCUT2D eigenvalue weighted by Gasteiger charge is -2.07. The molecule has 0 aliphatic carbocycles. The number of halogens is 2. The van der Waals surface area contributed by atoms with Crippen molar-refractivity contribution in [1.29, 1.82) is 0 Å². The topological polar surface area (TPSA) is 46.5 Å². The number of hydrogen-bond acceptors (Lipinski definition) is 2. The van der Waals surface area contributed by atoms with Crippen molar-refractivity contribution in [3.05, 3.63) is 62.1 Å². The van der Waals surface area contributed by atoms with E-state index in [1.54, 1.807) is 18.2 Å². The molecule has 1 N–H and O–H groups in total. The maximum atomic E-state index is 10.5. The lowest BCUT2D eigenvalue weighted by Crippen LogP contribution is -1.88. The summed E-state index contributed by atoms with van der Waals surface area (Å²) < 4.78 is 7.64. The molecule has 5 heteroatoms. The highest BCUT2D eigenvalue weighted by Crippen LogP contribution is 2.28. The van der Waals surface area contributed by atoms with Crippen LogP contribution in [0.1, 0.15) is 5.56 Å². The van der Waals surface area contributed by atoms with Crippen molar-refractivity contribution in [1.82, 2.24) is 0 Å². The molecule has 0 heterocycles. The summed E-state index contributed by atoms with van der Waals surface area (Å²) in [7, 11) is 0. The molecule has 0 bridgehead atoms. The van der Waals surface area contributed by atoms with Gasteiger partial charge in [-0.05, 0) is 70.6 Å². The molecular formula is C15H10BrIO3. The van der Waals surface area contributed by atoms with E-state index in [2.05, 4.69) is 38.5 Å². The van der Waals surface area contributed by atoms with E-state index in [0.717, 1.165) is 25.4 Å². The number of carboxylic acid groups (broad SMARTS) is 1. The van der Waals surface area contributed by atoms with Crippen LogP contribution in [-0.2, 0) is 4.79 Å². The van der Waals surface area contributed by atoms with Crippen molar-refractivity contribution >= 4 is 50.6 Å². The van der Waals surface area contributed by atoms with Crippen molar-refractivity contribution in [2.45, 2.75) is 0 Å². The third-order valence-electron chi connectivity index (χ3n) is 2.43. The molecule has 2 aromatic carbocycles. The number of benzene rings is 2. The van der Waals surface area contributed by atoms with Crippen LogP contribution in [0.5, 0.6) is 11.5 Å². The Balaban J connectivity index is 2.16. The second-order valence-electron chi connectivity index (χ2n) is 3.91. The van der Waals surface area contributed by atoms with E-state index < -0.39 is 5.97 Å². The number of hydrogen-bond donors (Lipinski definition) is 1. The summed E-state index contributed by atoms with van der Waals surface area (Å²) in [5.41, 5.74) is 0.780. The van der Waals surface area contributed by atoms with Gasteiger partial charge in [-0.15, -0.1) is 0 Å². The van der Waals surface area contributed by atoms with Crippen LogP contribution >= 0.6 is 38.5 Å². The molecule has 20 heavy (non-hydrogen) atoms. The number of ether oxygens (including phenoxy) is 1. The highest BCUT2D eigenvalue weighted by atomic mass is 127. The van der Waals surface area contributed by atoms with Gasteiger partial charge in [-0.3, -0.25) is 0 Å². The minimum atomic E-state index is -0.976. The average Bonchev–Trinajstić information content (AvgIpc) is 2.40. The molecule has 0 spiro atoms. The van der Waals surface area contributed by atoms with Gasteiger partial charge in [-0.2, -0.15) is 0 Å². The zero-order chi connectivity index (χ0) is 14.5.